The molecule has 1 heterocycles. The lowest BCUT2D eigenvalue weighted by atomic mass is 10.00. The van der Waals surface area contributed by atoms with Crippen LogP contribution < -0.4 is 11.1 Å². The molecule has 78 valence electrons. The van der Waals surface area contributed by atoms with Gasteiger partial charge in [0.1, 0.15) is 0 Å². The first-order valence-electron chi connectivity index (χ1n) is 4.36. The normalized spacial score (nSPS) is 14.8. The number of hydrogen-bond donors (Lipinski definition) is 2. The number of carbonyl (C=O) groups is 1. The quantitative estimate of drug-likeness (QED) is 0.750. The predicted molar refractivity (Wildman–Crippen MR) is 53.8 cm³/mol. The van der Waals surface area contributed by atoms with E-state index in [-0.39, 0.29) is 11.8 Å². The minimum absolute atomic E-state index is 0.149. The van der Waals surface area contributed by atoms with E-state index in [1.54, 1.807) is 0 Å². The van der Waals surface area contributed by atoms with E-state index in [9.17, 15) is 4.79 Å². The van der Waals surface area contributed by atoms with Crippen molar-refractivity contribution in [1.82, 2.24) is 14.8 Å². The Morgan fingerprint density at radius 3 is 2.93 bits per heavy atom. The molecule has 3 N–H and O–H groups in total. The standard InChI is InChI=1S/C7H13N5OS/c1-3-4(2)5(8)6(13)9-7-10-11-12-14-7/h4-5H,3,8H2,1-2H3,(H,9,10,12,13)/t4?,5-/m0/s1. The lowest BCUT2D eigenvalue weighted by molar-refractivity contribution is -0.118. The van der Waals surface area contributed by atoms with Crippen molar-refractivity contribution in [1.29, 1.82) is 0 Å². The number of nitrogens with one attached hydrogen (secondary N) is 1. The van der Waals surface area contributed by atoms with Crippen LogP contribution in [0.1, 0.15) is 20.3 Å². The third-order valence-corrected chi connectivity index (χ3v) is 2.60. The van der Waals surface area contributed by atoms with Gasteiger partial charge >= 0.3 is 0 Å². The van der Waals surface area contributed by atoms with Crippen LogP contribution in [0.3, 0.4) is 0 Å². The van der Waals surface area contributed by atoms with Gasteiger partial charge in [-0.3, -0.25) is 10.1 Å². The highest BCUT2D eigenvalue weighted by Crippen LogP contribution is 2.09. The Bertz CT molecular complexity index is 288. The van der Waals surface area contributed by atoms with E-state index in [0.717, 1.165) is 18.0 Å². The van der Waals surface area contributed by atoms with E-state index >= 15 is 0 Å². The highest BCUT2D eigenvalue weighted by molar-refractivity contribution is 7.09. The summed E-state index contributed by atoms with van der Waals surface area (Å²) in [5.41, 5.74) is 5.71. The van der Waals surface area contributed by atoms with Gasteiger partial charge in [0, 0.05) is 11.5 Å². The number of nitrogens with zero attached hydrogens (tertiary/aromatic N) is 3. The Balaban J connectivity index is 2.50. The summed E-state index contributed by atoms with van der Waals surface area (Å²) in [5.74, 6) is -0.0891. The monoisotopic (exact) mass is 215 g/mol. The van der Waals surface area contributed by atoms with Crippen LogP contribution in [0.2, 0.25) is 0 Å². The fraction of sp³-hybridized carbons (Fsp3) is 0.714. The number of anilines is 1. The summed E-state index contributed by atoms with van der Waals surface area (Å²) >= 11 is 1.03. The van der Waals surface area contributed by atoms with Gasteiger partial charge in [0.15, 0.2) is 0 Å². The van der Waals surface area contributed by atoms with Crippen LogP contribution in [-0.4, -0.2) is 26.7 Å². The van der Waals surface area contributed by atoms with Crippen molar-refractivity contribution in [3.63, 3.8) is 0 Å². The zero-order valence-electron chi connectivity index (χ0n) is 8.10. The van der Waals surface area contributed by atoms with Crippen molar-refractivity contribution in [2.75, 3.05) is 5.32 Å². The van der Waals surface area contributed by atoms with Crippen LogP contribution in [0.4, 0.5) is 5.13 Å². The molecular weight excluding hydrogens is 202 g/mol. The summed E-state index contributed by atoms with van der Waals surface area (Å²) in [4.78, 5) is 11.5. The second kappa shape index (κ2) is 4.97. The maximum atomic E-state index is 11.5. The van der Waals surface area contributed by atoms with E-state index < -0.39 is 6.04 Å². The molecule has 0 bridgehead atoms. The van der Waals surface area contributed by atoms with Gasteiger partial charge in [-0.2, -0.15) is 0 Å². The second-order valence-corrected chi connectivity index (χ2v) is 3.80. The van der Waals surface area contributed by atoms with Gasteiger partial charge in [0.25, 0.3) is 0 Å². The molecule has 6 nitrogen and oxygen atoms in total. The molecule has 0 aliphatic heterocycles. The van der Waals surface area contributed by atoms with E-state index in [2.05, 4.69) is 20.1 Å². The van der Waals surface area contributed by atoms with E-state index in [1.165, 1.54) is 0 Å². The van der Waals surface area contributed by atoms with Crippen LogP contribution in [0, 0.1) is 5.92 Å². The molecule has 1 aromatic heterocycles. The Hall–Kier alpha value is -1.08. The smallest absolute Gasteiger partial charge is 0.243 e. The SMILES string of the molecule is CCC(C)[C@H](N)C(=O)Nc1nnns1. The zero-order valence-corrected chi connectivity index (χ0v) is 8.91. The molecule has 0 saturated carbocycles. The molecule has 0 radical (unpaired) electrons. The molecule has 7 heteroatoms. The second-order valence-electron chi connectivity index (χ2n) is 3.07. The van der Waals surface area contributed by atoms with Gasteiger partial charge in [-0.1, -0.05) is 29.9 Å². The minimum atomic E-state index is -0.510. The van der Waals surface area contributed by atoms with Crippen molar-refractivity contribution >= 4 is 22.6 Å². The molecular formula is C7H13N5OS. The fourth-order valence-corrected chi connectivity index (χ4v) is 1.25. The summed E-state index contributed by atoms with van der Waals surface area (Å²) in [5, 5.41) is 9.89. The molecule has 0 aliphatic rings. The Labute approximate surface area is 86.0 Å². The lowest BCUT2D eigenvalue weighted by Crippen LogP contribution is -2.40. The molecule has 1 rings (SSSR count). The summed E-state index contributed by atoms with van der Waals surface area (Å²) in [6.45, 7) is 3.92. The zero-order chi connectivity index (χ0) is 10.6. The van der Waals surface area contributed by atoms with Crippen LogP contribution in [0.15, 0.2) is 0 Å². The number of nitrogens with two attached hydrogens (primary N) is 1. The Kier molecular flexibility index (Phi) is 3.90. The first-order chi connectivity index (χ1) is 6.65. The van der Waals surface area contributed by atoms with Gasteiger partial charge in [-0.25, -0.2) is 0 Å². The molecule has 0 saturated heterocycles. The lowest BCUT2D eigenvalue weighted by Gasteiger charge is -2.16. The van der Waals surface area contributed by atoms with Gasteiger partial charge < -0.3 is 5.73 Å². The van der Waals surface area contributed by atoms with Crippen LogP contribution in [0.25, 0.3) is 0 Å². The average Bonchev–Trinajstić information content (AvgIpc) is 2.68. The van der Waals surface area contributed by atoms with E-state index in [0.29, 0.717) is 5.13 Å². The first-order valence-corrected chi connectivity index (χ1v) is 5.14. The molecule has 0 fully saturated rings. The van der Waals surface area contributed by atoms with Gasteiger partial charge in [0.2, 0.25) is 11.0 Å². The maximum absolute atomic E-state index is 11.5. The number of amides is 1. The molecule has 0 aromatic carbocycles. The number of rotatable bonds is 4. The van der Waals surface area contributed by atoms with Crippen molar-refractivity contribution in [2.24, 2.45) is 11.7 Å². The summed E-state index contributed by atoms with van der Waals surface area (Å²) in [6, 6.07) is -0.510. The summed E-state index contributed by atoms with van der Waals surface area (Å²) < 4.78 is 3.52. The molecule has 1 unspecified atom stereocenters. The molecule has 2 atom stereocenters. The number of carbonyl (C=O) groups excluding carboxylic acids is 1. The van der Waals surface area contributed by atoms with Crippen molar-refractivity contribution < 1.29 is 4.79 Å². The third kappa shape index (κ3) is 2.71. The Morgan fingerprint density at radius 1 is 1.71 bits per heavy atom. The summed E-state index contributed by atoms with van der Waals surface area (Å²) in [6.07, 6.45) is 0.864. The predicted octanol–water partition coefficient (Wildman–Crippen LogP) is 0.245. The molecule has 1 aromatic rings. The van der Waals surface area contributed by atoms with E-state index in [1.807, 2.05) is 13.8 Å². The fourth-order valence-electron chi connectivity index (χ4n) is 0.883. The van der Waals surface area contributed by atoms with Crippen LogP contribution >= 0.6 is 11.5 Å². The molecule has 14 heavy (non-hydrogen) atoms. The van der Waals surface area contributed by atoms with Crippen LogP contribution in [0.5, 0.6) is 0 Å². The van der Waals surface area contributed by atoms with Gasteiger partial charge in [-0.15, -0.1) is 0 Å². The number of hydrogen-bond acceptors (Lipinski definition) is 6. The molecule has 1 amide bonds. The van der Waals surface area contributed by atoms with Crippen molar-refractivity contribution in [3.05, 3.63) is 0 Å². The Morgan fingerprint density at radius 2 is 2.43 bits per heavy atom. The van der Waals surface area contributed by atoms with Crippen molar-refractivity contribution in [2.45, 2.75) is 26.3 Å². The highest BCUT2D eigenvalue weighted by Gasteiger charge is 2.20. The van der Waals surface area contributed by atoms with Gasteiger partial charge in [-0.05, 0) is 11.1 Å². The van der Waals surface area contributed by atoms with Crippen molar-refractivity contribution in [3.8, 4) is 0 Å². The highest BCUT2D eigenvalue weighted by atomic mass is 32.1. The minimum Gasteiger partial charge on any atom is -0.320 e. The van der Waals surface area contributed by atoms with Gasteiger partial charge in [0.05, 0.1) is 6.04 Å². The summed E-state index contributed by atoms with van der Waals surface area (Å²) in [7, 11) is 0. The maximum Gasteiger partial charge on any atom is 0.243 e. The molecule has 0 spiro atoms. The largest absolute Gasteiger partial charge is 0.320 e. The molecule has 0 aliphatic carbocycles. The first kappa shape index (κ1) is 11.0. The number of aromatic nitrogens is 3. The topological polar surface area (TPSA) is 93.8 Å². The average molecular weight is 215 g/mol. The van der Waals surface area contributed by atoms with E-state index in [4.69, 9.17) is 5.73 Å². The third-order valence-electron chi connectivity index (χ3n) is 2.09. The van der Waals surface area contributed by atoms with Crippen LogP contribution in [-0.2, 0) is 4.79 Å².